The SMILES string of the molecule is CCCCn1c(S[C@H](C)C(N)=O)nc2cc(S(=O)(=O)N(CC)CC)ccc21. The average molecular weight is 413 g/mol. The molecule has 0 spiro atoms. The van der Waals surface area contributed by atoms with Crippen LogP contribution in [-0.4, -0.2) is 46.5 Å². The van der Waals surface area contributed by atoms with E-state index in [1.807, 2.05) is 18.4 Å². The van der Waals surface area contributed by atoms with Crippen LogP contribution in [0.5, 0.6) is 0 Å². The first-order valence-electron chi connectivity index (χ1n) is 9.22. The third kappa shape index (κ3) is 4.64. The van der Waals surface area contributed by atoms with Crippen molar-refractivity contribution in [1.29, 1.82) is 0 Å². The highest BCUT2D eigenvalue weighted by Gasteiger charge is 2.24. The van der Waals surface area contributed by atoms with E-state index in [1.165, 1.54) is 16.1 Å². The van der Waals surface area contributed by atoms with Gasteiger partial charge in [-0.3, -0.25) is 4.79 Å². The fourth-order valence-electron chi connectivity index (χ4n) is 2.80. The standard InChI is InChI=1S/C18H28N4O3S2/c1-5-8-11-22-16-10-9-14(27(24,25)21(6-2)7-3)12-15(16)20-18(22)26-13(4)17(19)23/h9-10,12-13H,5-8,11H2,1-4H3,(H2,19,23)/t13-/m1/s1. The number of carbonyl (C=O) groups excluding carboxylic acids is 1. The Kier molecular flexibility index (Phi) is 7.30. The highest BCUT2D eigenvalue weighted by Crippen LogP contribution is 2.29. The van der Waals surface area contributed by atoms with Gasteiger partial charge in [-0.2, -0.15) is 4.31 Å². The Balaban J connectivity index is 2.53. The first-order chi connectivity index (χ1) is 12.8. The zero-order chi connectivity index (χ0) is 20.2. The molecule has 0 saturated heterocycles. The lowest BCUT2D eigenvalue weighted by Crippen LogP contribution is -2.30. The maximum atomic E-state index is 12.8. The number of fused-ring (bicyclic) bond motifs is 1. The maximum Gasteiger partial charge on any atom is 0.243 e. The van der Waals surface area contributed by atoms with Crippen LogP contribution in [0.1, 0.15) is 40.5 Å². The van der Waals surface area contributed by atoms with Gasteiger partial charge in [0.2, 0.25) is 15.9 Å². The van der Waals surface area contributed by atoms with Gasteiger partial charge in [-0.25, -0.2) is 13.4 Å². The van der Waals surface area contributed by atoms with Crippen LogP contribution in [0.25, 0.3) is 11.0 Å². The number of hydrogen-bond acceptors (Lipinski definition) is 5. The summed E-state index contributed by atoms with van der Waals surface area (Å²) < 4.78 is 29.0. The van der Waals surface area contributed by atoms with Crippen molar-refractivity contribution in [2.24, 2.45) is 5.73 Å². The Bertz CT molecular complexity index is 905. The quantitative estimate of drug-likeness (QED) is 0.605. The molecule has 0 aliphatic carbocycles. The molecule has 1 atom stereocenters. The molecule has 0 bridgehead atoms. The largest absolute Gasteiger partial charge is 0.369 e. The van der Waals surface area contributed by atoms with Crippen LogP contribution in [0, 0.1) is 0 Å². The van der Waals surface area contributed by atoms with Crippen LogP contribution in [-0.2, 0) is 21.4 Å². The smallest absolute Gasteiger partial charge is 0.243 e. The molecule has 0 aliphatic heterocycles. The Labute approximate surface area is 165 Å². The Morgan fingerprint density at radius 2 is 1.96 bits per heavy atom. The number of nitrogens with two attached hydrogens (primary N) is 1. The lowest BCUT2D eigenvalue weighted by molar-refractivity contribution is -0.117. The molecule has 1 aromatic carbocycles. The van der Waals surface area contributed by atoms with Crippen molar-refractivity contribution in [3.05, 3.63) is 18.2 Å². The minimum absolute atomic E-state index is 0.235. The van der Waals surface area contributed by atoms with Gasteiger partial charge in [-0.1, -0.05) is 39.0 Å². The highest BCUT2D eigenvalue weighted by atomic mass is 32.2. The molecule has 0 fully saturated rings. The molecule has 2 aromatic rings. The molecule has 1 heterocycles. The molecule has 150 valence electrons. The van der Waals surface area contributed by atoms with Gasteiger partial charge in [0.05, 0.1) is 21.2 Å². The Morgan fingerprint density at radius 3 is 2.52 bits per heavy atom. The van der Waals surface area contributed by atoms with Gasteiger partial charge in [0, 0.05) is 19.6 Å². The van der Waals surface area contributed by atoms with Gasteiger partial charge in [0.25, 0.3) is 0 Å². The number of benzene rings is 1. The number of sulfonamides is 1. The number of nitrogens with zero attached hydrogens (tertiary/aromatic N) is 3. The second-order valence-electron chi connectivity index (χ2n) is 6.30. The summed E-state index contributed by atoms with van der Waals surface area (Å²) in [6, 6.07) is 5.05. The van der Waals surface area contributed by atoms with Crippen molar-refractivity contribution in [3.63, 3.8) is 0 Å². The van der Waals surface area contributed by atoms with Gasteiger partial charge in [0.15, 0.2) is 5.16 Å². The number of amides is 1. The molecule has 27 heavy (non-hydrogen) atoms. The second kappa shape index (κ2) is 9.07. The third-order valence-corrected chi connectivity index (χ3v) is 7.60. The molecule has 0 saturated carbocycles. The van der Waals surface area contributed by atoms with Crippen molar-refractivity contribution in [3.8, 4) is 0 Å². The predicted molar refractivity (Wildman–Crippen MR) is 109 cm³/mol. The fraction of sp³-hybridized carbons (Fsp3) is 0.556. The molecule has 2 N–H and O–H groups in total. The lowest BCUT2D eigenvalue weighted by Gasteiger charge is -2.18. The monoisotopic (exact) mass is 412 g/mol. The lowest BCUT2D eigenvalue weighted by atomic mass is 10.3. The summed E-state index contributed by atoms with van der Waals surface area (Å²) in [5.74, 6) is -0.404. The molecule has 0 unspecified atom stereocenters. The van der Waals surface area contributed by atoms with E-state index >= 15 is 0 Å². The molecule has 1 amide bonds. The molecule has 0 aliphatic rings. The average Bonchev–Trinajstić information content (AvgIpc) is 2.96. The van der Waals surface area contributed by atoms with E-state index in [0.717, 1.165) is 24.9 Å². The number of aromatic nitrogens is 2. The maximum absolute atomic E-state index is 12.8. The van der Waals surface area contributed by atoms with E-state index in [0.29, 0.717) is 23.8 Å². The summed E-state index contributed by atoms with van der Waals surface area (Å²) >= 11 is 1.30. The van der Waals surface area contributed by atoms with E-state index in [4.69, 9.17) is 5.73 Å². The Hall–Kier alpha value is -1.58. The van der Waals surface area contributed by atoms with Gasteiger partial charge in [-0.05, 0) is 31.5 Å². The summed E-state index contributed by atoms with van der Waals surface area (Å²) in [6.45, 7) is 9.07. The zero-order valence-electron chi connectivity index (χ0n) is 16.3. The number of primary amides is 1. The van der Waals surface area contributed by atoms with E-state index in [2.05, 4.69) is 11.9 Å². The van der Waals surface area contributed by atoms with Crippen molar-refractivity contribution >= 4 is 38.7 Å². The van der Waals surface area contributed by atoms with Crippen molar-refractivity contribution < 1.29 is 13.2 Å². The van der Waals surface area contributed by atoms with Crippen LogP contribution in [0.4, 0.5) is 0 Å². The van der Waals surface area contributed by atoms with Crippen molar-refractivity contribution in [1.82, 2.24) is 13.9 Å². The topological polar surface area (TPSA) is 98.3 Å². The molecule has 0 radical (unpaired) electrons. The van der Waals surface area contributed by atoms with E-state index in [9.17, 15) is 13.2 Å². The van der Waals surface area contributed by atoms with Crippen molar-refractivity contribution in [2.45, 2.75) is 62.4 Å². The van der Waals surface area contributed by atoms with Crippen LogP contribution >= 0.6 is 11.8 Å². The van der Waals surface area contributed by atoms with Crippen LogP contribution in [0.15, 0.2) is 28.3 Å². The third-order valence-electron chi connectivity index (χ3n) is 4.45. The van der Waals surface area contributed by atoms with Gasteiger partial charge in [-0.15, -0.1) is 0 Å². The summed E-state index contributed by atoms with van der Waals surface area (Å²) in [5.41, 5.74) is 6.86. The van der Waals surface area contributed by atoms with Crippen molar-refractivity contribution in [2.75, 3.05) is 13.1 Å². The number of imidazole rings is 1. The Morgan fingerprint density at radius 1 is 1.30 bits per heavy atom. The van der Waals surface area contributed by atoms with Crippen LogP contribution in [0.2, 0.25) is 0 Å². The van der Waals surface area contributed by atoms with Crippen LogP contribution < -0.4 is 5.73 Å². The fourth-order valence-corrected chi connectivity index (χ4v) is 5.18. The number of rotatable bonds is 10. The van der Waals surface area contributed by atoms with E-state index < -0.39 is 21.2 Å². The van der Waals surface area contributed by atoms with Gasteiger partial charge in [0.1, 0.15) is 0 Å². The minimum Gasteiger partial charge on any atom is -0.369 e. The molecule has 7 nitrogen and oxygen atoms in total. The normalized spacial score (nSPS) is 13.4. The summed E-state index contributed by atoms with van der Waals surface area (Å²) in [4.78, 5) is 16.3. The van der Waals surface area contributed by atoms with E-state index in [1.54, 1.807) is 25.1 Å². The number of unbranched alkanes of at least 4 members (excludes halogenated alkanes) is 1. The minimum atomic E-state index is -3.55. The first kappa shape index (κ1) is 21.7. The summed E-state index contributed by atoms with van der Waals surface area (Å²) in [6.07, 6.45) is 1.98. The van der Waals surface area contributed by atoms with Crippen LogP contribution in [0.3, 0.4) is 0 Å². The molecule has 9 heteroatoms. The molecular weight excluding hydrogens is 384 g/mol. The van der Waals surface area contributed by atoms with E-state index in [-0.39, 0.29) is 4.90 Å². The highest BCUT2D eigenvalue weighted by molar-refractivity contribution is 8.00. The second-order valence-corrected chi connectivity index (χ2v) is 9.55. The summed E-state index contributed by atoms with van der Waals surface area (Å²) in [5, 5.41) is 0.267. The number of aryl methyl sites for hydroxylation is 1. The number of thioether (sulfide) groups is 1. The summed E-state index contributed by atoms with van der Waals surface area (Å²) in [7, 11) is -3.55. The first-order valence-corrected chi connectivity index (χ1v) is 11.5. The number of hydrogen-bond donors (Lipinski definition) is 1. The molecule has 1 aromatic heterocycles. The van der Waals surface area contributed by atoms with Gasteiger partial charge >= 0.3 is 0 Å². The molecule has 2 rings (SSSR count). The number of carbonyl (C=O) groups is 1. The molecular formula is C18H28N4O3S2. The van der Waals surface area contributed by atoms with Gasteiger partial charge < -0.3 is 10.3 Å². The zero-order valence-corrected chi connectivity index (χ0v) is 17.9. The predicted octanol–water partition coefficient (Wildman–Crippen LogP) is 2.83.